The summed E-state index contributed by atoms with van der Waals surface area (Å²) in [4.78, 5) is 68.5. The molecular weight excluding hydrogens is 394 g/mol. The molecule has 30 heavy (non-hydrogen) atoms. The van der Waals surface area contributed by atoms with E-state index < -0.39 is 17.9 Å². The van der Waals surface area contributed by atoms with Crippen LogP contribution in [0.25, 0.3) is 0 Å². The Morgan fingerprint density at radius 1 is 0.900 bits per heavy atom. The van der Waals surface area contributed by atoms with Crippen molar-refractivity contribution in [3.8, 4) is 0 Å². The number of hydrogen-bond donors (Lipinski definition) is 4. The van der Waals surface area contributed by atoms with Crippen LogP contribution in [0.2, 0.25) is 0 Å². The topological polar surface area (TPSA) is 154 Å². The fourth-order valence-electron chi connectivity index (χ4n) is 2.77. The van der Waals surface area contributed by atoms with Crippen molar-refractivity contribution in [2.45, 2.75) is 44.6 Å². The molecule has 0 saturated heterocycles. The molecule has 166 valence electrons. The average Bonchev–Trinajstić information content (AvgIpc) is 3.05. The zero-order valence-electron chi connectivity index (χ0n) is 16.9. The minimum absolute atomic E-state index is 0.0390. The molecule has 0 bridgehead atoms. The van der Waals surface area contributed by atoms with Crippen LogP contribution in [0.1, 0.15) is 38.5 Å². The number of rotatable bonds is 17. The molecule has 6 amide bonds. The third-order valence-electron chi connectivity index (χ3n) is 4.42. The summed E-state index contributed by atoms with van der Waals surface area (Å²) < 4.78 is 0. The van der Waals surface area contributed by atoms with Gasteiger partial charge in [-0.1, -0.05) is 0 Å². The van der Waals surface area contributed by atoms with Crippen molar-refractivity contribution in [2.24, 2.45) is 0 Å². The van der Waals surface area contributed by atoms with E-state index in [0.29, 0.717) is 64.6 Å². The molecule has 1 aliphatic heterocycles. The van der Waals surface area contributed by atoms with Gasteiger partial charge in [0.2, 0.25) is 24.6 Å². The summed E-state index contributed by atoms with van der Waals surface area (Å²) in [6.07, 6.45) is 6.62. The number of carbonyl (C=O) groups excluding carboxylic acids is 6. The summed E-state index contributed by atoms with van der Waals surface area (Å²) >= 11 is 0. The molecule has 0 spiro atoms. The average molecular weight is 423 g/mol. The van der Waals surface area contributed by atoms with Crippen LogP contribution < -0.4 is 21.3 Å². The summed E-state index contributed by atoms with van der Waals surface area (Å²) in [6, 6.07) is -0.621. The number of carbonyl (C=O) groups is 6. The number of hydrogen-bond acceptors (Lipinski definition) is 6. The Morgan fingerprint density at radius 3 is 2.17 bits per heavy atom. The number of amides is 6. The van der Waals surface area contributed by atoms with E-state index in [-0.39, 0.29) is 24.8 Å². The van der Waals surface area contributed by atoms with Crippen molar-refractivity contribution in [3.05, 3.63) is 12.2 Å². The quantitative estimate of drug-likeness (QED) is 0.125. The maximum Gasteiger partial charge on any atom is 0.253 e. The molecule has 11 heteroatoms. The van der Waals surface area contributed by atoms with Crippen molar-refractivity contribution in [1.29, 1.82) is 0 Å². The summed E-state index contributed by atoms with van der Waals surface area (Å²) in [7, 11) is 0. The Bertz CT molecular complexity index is 633. The van der Waals surface area contributed by atoms with Gasteiger partial charge in [-0.3, -0.25) is 33.7 Å². The summed E-state index contributed by atoms with van der Waals surface area (Å²) in [5.74, 6) is -1.36. The zero-order chi connectivity index (χ0) is 22.2. The normalized spacial score (nSPS) is 13.7. The molecular formula is C19H29N5O6. The highest BCUT2D eigenvalue weighted by atomic mass is 16.2. The van der Waals surface area contributed by atoms with Crippen molar-refractivity contribution in [2.75, 3.05) is 26.2 Å². The largest absolute Gasteiger partial charge is 0.359 e. The Morgan fingerprint density at radius 2 is 1.53 bits per heavy atom. The van der Waals surface area contributed by atoms with Gasteiger partial charge in [-0.2, -0.15) is 0 Å². The number of imide groups is 1. The Balaban J connectivity index is 2.10. The van der Waals surface area contributed by atoms with Crippen molar-refractivity contribution < 1.29 is 28.8 Å². The standard InChI is InChI=1S/C19H29N5O6/c25-13-20-9-2-1-5-15(23-14-26)19(30)22-11-4-3-10-21-16(27)8-12-24-17(28)6-7-18(24)29/h6-7,13-15H,1-5,8-12H2,(H,20,25)(H,21,27)(H,22,30)(H,23,26). The molecule has 0 aromatic carbocycles. The summed E-state index contributed by atoms with van der Waals surface area (Å²) in [5, 5.41) is 10.5. The van der Waals surface area contributed by atoms with Gasteiger partial charge in [0, 0.05) is 44.8 Å². The van der Waals surface area contributed by atoms with Crippen LogP contribution in [0, 0.1) is 0 Å². The van der Waals surface area contributed by atoms with E-state index in [1.54, 1.807) is 0 Å². The highest BCUT2D eigenvalue weighted by Crippen LogP contribution is 2.04. The van der Waals surface area contributed by atoms with Gasteiger partial charge in [0.1, 0.15) is 6.04 Å². The molecule has 0 fully saturated rings. The van der Waals surface area contributed by atoms with Gasteiger partial charge in [-0.15, -0.1) is 0 Å². The molecule has 1 unspecified atom stereocenters. The van der Waals surface area contributed by atoms with Crippen molar-refractivity contribution in [3.63, 3.8) is 0 Å². The second kappa shape index (κ2) is 14.7. The van der Waals surface area contributed by atoms with E-state index in [1.807, 2.05) is 0 Å². The predicted octanol–water partition coefficient (Wildman–Crippen LogP) is -1.65. The van der Waals surface area contributed by atoms with Crippen molar-refractivity contribution in [1.82, 2.24) is 26.2 Å². The van der Waals surface area contributed by atoms with E-state index in [0.717, 1.165) is 4.90 Å². The predicted molar refractivity (Wildman–Crippen MR) is 107 cm³/mol. The first kappa shape index (κ1) is 24.8. The Hall–Kier alpha value is -3.24. The molecule has 11 nitrogen and oxygen atoms in total. The third kappa shape index (κ3) is 9.80. The highest BCUT2D eigenvalue weighted by Gasteiger charge is 2.23. The maximum atomic E-state index is 12.1. The molecule has 1 rings (SSSR count). The van der Waals surface area contributed by atoms with E-state index in [9.17, 15) is 28.8 Å². The first-order chi connectivity index (χ1) is 14.5. The second-order valence-electron chi connectivity index (χ2n) is 6.66. The summed E-state index contributed by atoms with van der Waals surface area (Å²) in [5.41, 5.74) is 0. The lowest BCUT2D eigenvalue weighted by Gasteiger charge is -2.16. The molecule has 0 saturated carbocycles. The minimum Gasteiger partial charge on any atom is -0.359 e. The first-order valence-corrected chi connectivity index (χ1v) is 9.94. The molecule has 0 aromatic rings. The molecule has 0 aromatic heterocycles. The molecule has 1 heterocycles. The number of nitrogens with zero attached hydrogens (tertiary/aromatic N) is 1. The smallest absolute Gasteiger partial charge is 0.253 e. The van der Waals surface area contributed by atoms with Crippen LogP contribution in [0.5, 0.6) is 0 Å². The lowest BCUT2D eigenvalue weighted by molar-refractivity contribution is -0.137. The molecule has 1 atom stereocenters. The van der Waals surface area contributed by atoms with Gasteiger partial charge in [-0.05, 0) is 32.1 Å². The highest BCUT2D eigenvalue weighted by molar-refractivity contribution is 6.13. The zero-order valence-corrected chi connectivity index (χ0v) is 16.9. The van der Waals surface area contributed by atoms with Gasteiger partial charge in [0.25, 0.3) is 11.8 Å². The summed E-state index contributed by atoms with van der Waals surface area (Å²) in [6.45, 7) is 1.38. The van der Waals surface area contributed by atoms with Gasteiger partial charge < -0.3 is 21.3 Å². The SMILES string of the molecule is O=CNCCCCC(NC=O)C(=O)NCCCCNC(=O)CCN1C(=O)C=CC1=O. The molecule has 4 N–H and O–H groups in total. The number of nitrogens with one attached hydrogen (secondary N) is 4. The van der Waals surface area contributed by atoms with Gasteiger partial charge in [0.15, 0.2) is 0 Å². The van der Waals surface area contributed by atoms with Crippen LogP contribution in [0.15, 0.2) is 12.2 Å². The minimum atomic E-state index is -0.621. The van der Waals surface area contributed by atoms with E-state index in [1.165, 1.54) is 12.2 Å². The maximum absolute atomic E-state index is 12.1. The second-order valence-corrected chi connectivity index (χ2v) is 6.66. The third-order valence-corrected chi connectivity index (χ3v) is 4.42. The van der Waals surface area contributed by atoms with Crippen LogP contribution >= 0.6 is 0 Å². The molecule has 1 aliphatic rings. The van der Waals surface area contributed by atoms with Gasteiger partial charge in [0.05, 0.1) is 0 Å². The number of unbranched alkanes of at least 4 members (excludes halogenated alkanes) is 2. The van der Waals surface area contributed by atoms with Crippen molar-refractivity contribution >= 4 is 36.4 Å². The fourth-order valence-corrected chi connectivity index (χ4v) is 2.77. The van der Waals surface area contributed by atoms with Crippen LogP contribution in [-0.2, 0) is 28.8 Å². The fraction of sp³-hybridized carbons (Fsp3) is 0.579. The monoisotopic (exact) mass is 423 g/mol. The lowest BCUT2D eigenvalue weighted by atomic mass is 10.1. The van der Waals surface area contributed by atoms with Gasteiger partial charge >= 0.3 is 0 Å². The lowest BCUT2D eigenvalue weighted by Crippen LogP contribution is -2.44. The van der Waals surface area contributed by atoms with Gasteiger partial charge in [-0.25, -0.2) is 0 Å². The van der Waals surface area contributed by atoms with Crippen LogP contribution in [-0.4, -0.2) is 73.6 Å². The van der Waals surface area contributed by atoms with Crippen LogP contribution in [0.3, 0.4) is 0 Å². The van der Waals surface area contributed by atoms with E-state index >= 15 is 0 Å². The Kier molecular flexibility index (Phi) is 12.2. The Labute approximate surface area is 175 Å². The van der Waals surface area contributed by atoms with E-state index in [4.69, 9.17) is 0 Å². The van der Waals surface area contributed by atoms with E-state index in [2.05, 4.69) is 21.3 Å². The van der Waals surface area contributed by atoms with Crippen LogP contribution in [0.4, 0.5) is 0 Å². The molecule has 0 aliphatic carbocycles. The molecule has 0 radical (unpaired) electrons. The first-order valence-electron chi connectivity index (χ1n) is 9.94.